The first kappa shape index (κ1) is 16.3. The largest absolute Gasteiger partial charge is 0.366 e. The maximum absolute atomic E-state index is 12.2. The molecule has 2 rings (SSSR count). The van der Waals surface area contributed by atoms with Gasteiger partial charge in [-0.05, 0) is 30.3 Å². The molecule has 1 heterocycles. The summed E-state index contributed by atoms with van der Waals surface area (Å²) in [5.41, 5.74) is 7.03. The van der Waals surface area contributed by atoms with Crippen LogP contribution in [0.3, 0.4) is 0 Å². The summed E-state index contributed by atoms with van der Waals surface area (Å²) in [7, 11) is 1.66. The van der Waals surface area contributed by atoms with Crippen molar-refractivity contribution in [3.63, 3.8) is 0 Å². The molecule has 0 saturated carbocycles. The highest BCUT2D eigenvalue weighted by Crippen LogP contribution is 2.15. The number of hydrogen-bond donors (Lipinski definition) is 3. The number of carbonyl (C=O) groups excluding carboxylic acids is 3. The predicted octanol–water partition coefficient (Wildman–Crippen LogP) is 1.72. The van der Waals surface area contributed by atoms with Crippen LogP contribution in [0, 0.1) is 0 Å². The van der Waals surface area contributed by atoms with Crippen molar-refractivity contribution in [3.8, 4) is 0 Å². The Bertz CT molecular complexity index is 747. The number of primary amides is 1. The van der Waals surface area contributed by atoms with Gasteiger partial charge in [0.15, 0.2) is 0 Å². The smallest absolute Gasteiger partial charge is 0.272 e. The molecule has 1 aromatic heterocycles. The lowest BCUT2D eigenvalue weighted by Crippen LogP contribution is -2.15. The number of anilines is 2. The molecule has 0 radical (unpaired) electrons. The number of hydrogen-bond acceptors (Lipinski definition) is 3. The van der Waals surface area contributed by atoms with Gasteiger partial charge in [-0.15, -0.1) is 0 Å². The van der Waals surface area contributed by atoms with E-state index in [1.54, 1.807) is 38.2 Å². The minimum absolute atomic E-state index is 0.0791. The van der Waals surface area contributed by atoms with Gasteiger partial charge in [-0.25, -0.2) is 0 Å². The maximum atomic E-state index is 12.2. The number of carbonyl (C=O) groups is 3. The number of benzene rings is 1. The number of rotatable bonds is 5. The summed E-state index contributed by atoms with van der Waals surface area (Å²) < 4.78 is 1.53. The number of nitrogens with zero attached hydrogens (tertiary/aromatic N) is 1. The standard InChI is InChI=1S/C16H18N4O3/c1-3-14(21)18-11-4-6-12(7-5-11)19-16(23)13-8-10(15(17)22)9-20(13)2/h4-9H,3H2,1-2H3,(H2,17,22)(H,18,21)(H,19,23). The van der Waals surface area contributed by atoms with Crippen molar-refractivity contribution >= 4 is 29.1 Å². The van der Waals surface area contributed by atoms with Crippen molar-refractivity contribution in [3.05, 3.63) is 47.8 Å². The molecule has 0 bridgehead atoms. The summed E-state index contributed by atoms with van der Waals surface area (Å²) in [5, 5.41) is 5.44. The summed E-state index contributed by atoms with van der Waals surface area (Å²) in [5.74, 6) is -1.02. The number of aryl methyl sites for hydroxylation is 1. The Morgan fingerprint density at radius 3 is 2.13 bits per heavy atom. The zero-order valence-electron chi connectivity index (χ0n) is 12.9. The van der Waals surface area contributed by atoms with E-state index >= 15 is 0 Å². The van der Waals surface area contributed by atoms with Crippen molar-refractivity contribution in [1.29, 1.82) is 0 Å². The number of nitrogens with two attached hydrogens (primary N) is 1. The van der Waals surface area contributed by atoms with Gasteiger partial charge in [0.05, 0.1) is 5.56 Å². The molecule has 7 heteroatoms. The van der Waals surface area contributed by atoms with Crippen LogP contribution in [0.25, 0.3) is 0 Å². The molecule has 3 amide bonds. The molecule has 0 atom stereocenters. The predicted molar refractivity (Wildman–Crippen MR) is 87.2 cm³/mol. The molecular formula is C16H18N4O3. The minimum atomic E-state index is -0.587. The second-order valence-corrected chi connectivity index (χ2v) is 5.02. The summed E-state index contributed by atoms with van der Waals surface area (Å²) in [6.07, 6.45) is 1.90. The molecule has 1 aromatic carbocycles. The topological polar surface area (TPSA) is 106 Å². The average Bonchev–Trinajstić information content (AvgIpc) is 2.91. The quantitative estimate of drug-likeness (QED) is 0.782. The van der Waals surface area contributed by atoms with Crippen LogP contribution in [0.4, 0.5) is 11.4 Å². The normalized spacial score (nSPS) is 10.2. The van der Waals surface area contributed by atoms with E-state index in [-0.39, 0.29) is 17.4 Å². The third-order valence-electron chi connectivity index (χ3n) is 3.27. The van der Waals surface area contributed by atoms with E-state index in [0.29, 0.717) is 23.5 Å². The highest BCUT2D eigenvalue weighted by Gasteiger charge is 2.14. The first-order valence-electron chi connectivity index (χ1n) is 7.08. The molecule has 0 aliphatic carbocycles. The van der Waals surface area contributed by atoms with Crippen LogP contribution in [0.15, 0.2) is 36.5 Å². The Labute approximate surface area is 133 Å². The van der Waals surface area contributed by atoms with Crippen LogP contribution in [-0.2, 0) is 11.8 Å². The van der Waals surface area contributed by atoms with Gasteiger partial charge in [0, 0.05) is 31.0 Å². The van der Waals surface area contributed by atoms with E-state index in [1.807, 2.05) is 0 Å². The van der Waals surface area contributed by atoms with Crippen molar-refractivity contribution in [2.75, 3.05) is 10.6 Å². The molecule has 4 N–H and O–H groups in total. The third kappa shape index (κ3) is 3.97. The van der Waals surface area contributed by atoms with E-state index < -0.39 is 5.91 Å². The maximum Gasteiger partial charge on any atom is 0.272 e. The van der Waals surface area contributed by atoms with Gasteiger partial charge in [0.1, 0.15) is 5.69 Å². The lowest BCUT2D eigenvalue weighted by molar-refractivity contribution is -0.115. The van der Waals surface area contributed by atoms with Crippen molar-refractivity contribution in [2.24, 2.45) is 12.8 Å². The fourth-order valence-corrected chi connectivity index (χ4v) is 2.01. The third-order valence-corrected chi connectivity index (χ3v) is 3.27. The highest BCUT2D eigenvalue weighted by molar-refractivity contribution is 6.05. The number of aromatic nitrogens is 1. The van der Waals surface area contributed by atoms with Crippen LogP contribution < -0.4 is 16.4 Å². The molecule has 7 nitrogen and oxygen atoms in total. The van der Waals surface area contributed by atoms with E-state index in [1.165, 1.54) is 16.8 Å². The van der Waals surface area contributed by atoms with Crippen LogP contribution in [0.1, 0.15) is 34.2 Å². The van der Waals surface area contributed by atoms with Crippen LogP contribution >= 0.6 is 0 Å². The van der Waals surface area contributed by atoms with Crippen molar-refractivity contribution in [2.45, 2.75) is 13.3 Å². The Balaban J connectivity index is 2.08. The average molecular weight is 314 g/mol. The second-order valence-electron chi connectivity index (χ2n) is 5.02. The molecule has 0 unspecified atom stereocenters. The Hall–Kier alpha value is -3.09. The van der Waals surface area contributed by atoms with Gasteiger partial charge in [-0.3, -0.25) is 14.4 Å². The summed E-state index contributed by atoms with van der Waals surface area (Å²) in [6, 6.07) is 8.20. The summed E-state index contributed by atoms with van der Waals surface area (Å²) in [6.45, 7) is 1.77. The Kier molecular flexibility index (Phi) is 4.80. The lowest BCUT2D eigenvalue weighted by Gasteiger charge is -2.08. The molecule has 0 aliphatic heterocycles. The highest BCUT2D eigenvalue weighted by atomic mass is 16.2. The zero-order valence-corrected chi connectivity index (χ0v) is 12.9. The Morgan fingerprint density at radius 1 is 1.09 bits per heavy atom. The van der Waals surface area contributed by atoms with Crippen LogP contribution in [-0.4, -0.2) is 22.3 Å². The van der Waals surface area contributed by atoms with Gasteiger partial charge >= 0.3 is 0 Å². The van der Waals surface area contributed by atoms with E-state index in [2.05, 4.69) is 10.6 Å². The first-order chi connectivity index (χ1) is 10.9. The van der Waals surface area contributed by atoms with Gasteiger partial charge in [-0.1, -0.05) is 6.92 Å². The molecule has 0 saturated heterocycles. The second kappa shape index (κ2) is 6.78. The van der Waals surface area contributed by atoms with Gasteiger partial charge in [0.2, 0.25) is 11.8 Å². The number of amides is 3. The molecule has 0 aliphatic rings. The number of nitrogens with one attached hydrogen (secondary N) is 2. The fraction of sp³-hybridized carbons (Fsp3) is 0.188. The van der Waals surface area contributed by atoms with Crippen LogP contribution in [0.2, 0.25) is 0 Å². The Morgan fingerprint density at radius 2 is 1.65 bits per heavy atom. The van der Waals surface area contributed by atoms with E-state index in [9.17, 15) is 14.4 Å². The molecular weight excluding hydrogens is 296 g/mol. The molecule has 120 valence electrons. The minimum Gasteiger partial charge on any atom is -0.366 e. The SMILES string of the molecule is CCC(=O)Nc1ccc(NC(=O)c2cc(C(N)=O)cn2C)cc1. The molecule has 0 fully saturated rings. The molecule has 0 spiro atoms. The van der Waals surface area contributed by atoms with E-state index in [4.69, 9.17) is 5.73 Å². The summed E-state index contributed by atoms with van der Waals surface area (Å²) in [4.78, 5) is 34.7. The van der Waals surface area contributed by atoms with Crippen LogP contribution in [0.5, 0.6) is 0 Å². The van der Waals surface area contributed by atoms with Gasteiger partial charge < -0.3 is 20.9 Å². The van der Waals surface area contributed by atoms with Crippen molar-refractivity contribution in [1.82, 2.24) is 4.57 Å². The zero-order chi connectivity index (χ0) is 17.0. The molecule has 23 heavy (non-hydrogen) atoms. The first-order valence-corrected chi connectivity index (χ1v) is 7.08. The van der Waals surface area contributed by atoms with Gasteiger partial charge in [0.25, 0.3) is 5.91 Å². The van der Waals surface area contributed by atoms with Crippen molar-refractivity contribution < 1.29 is 14.4 Å². The van der Waals surface area contributed by atoms with E-state index in [0.717, 1.165) is 0 Å². The van der Waals surface area contributed by atoms with Gasteiger partial charge in [-0.2, -0.15) is 0 Å². The fourth-order valence-electron chi connectivity index (χ4n) is 2.01. The lowest BCUT2D eigenvalue weighted by atomic mass is 10.2. The molecule has 2 aromatic rings. The monoisotopic (exact) mass is 314 g/mol. The summed E-state index contributed by atoms with van der Waals surface area (Å²) >= 11 is 0.